The molecule has 0 radical (unpaired) electrons. The normalized spacial score (nSPS) is 24.1. The van der Waals surface area contributed by atoms with Gasteiger partial charge in [-0.3, -0.25) is 4.79 Å². The van der Waals surface area contributed by atoms with Gasteiger partial charge >= 0.3 is 0 Å². The van der Waals surface area contributed by atoms with Crippen LogP contribution >= 0.6 is 0 Å². The molecule has 2 fully saturated rings. The number of amides is 1. The Morgan fingerprint density at radius 1 is 0.943 bits per heavy atom. The first kappa shape index (κ1) is 24.9. The van der Waals surface area contributed by atoms with Gasteiger partial charge in [0.1, 0.15) is 11.5 Å². The van der Waals surface area contributed by atoms with Crippen LogP contribution < -0.4 is 18.9 Å². The summed E-state index contributed by atoms with van der Waals surface area (Å²) in [7, 11) is 6.43. The van der Waals surface area contributed by atoms with Gasteiger partial charge in [0.15, 0.2) is 11.5 Å². The molecule has 0 unspecified atom stereocenters. The Bertz CT molecular complexity index is 1080. The fourth-order valence-electron chi connectivity index (χ4n) is 5.60. The number of likely N-dealkylation sites (tertiary alicyclic amines) is 1. The van der Waals surface area contributed by atoms with Gasteiger partial charge < -0.3 is 29.0 Å². The predicted octanol–water partition coefficient (Wildman–Crippen LogP) is 4.63. The van der Waals surface area contributed by atoms with Gasteiger partial charge in [0.25, 0.3) is 0 Å². The molecule has 2 aromatic rings. The second-order valence-electron chi connectivity index (χ2n) is 9.24. The molecule has 4 rings (SSSR count). The molecule has 0 aromatic heterocycles. The molecule has 1 saturated carbocycles. The summed E-state index contributed by atoms with van der Waals surface area (Å²) < 4.78 is 21.9. The maximum absolute atomic E-state index is 13.6. The van der Waals surface area contributed by atoms with Gasteiger partial charge in [0, 0.05) is 24.1 Å². The molecular weight excluding hydrogens is 446 g/mol. The number of aliphatic hydroxyl groups is 1. The molecule has 2 aromatic carbocycles. The SMILES string of the molecule is COc1ccc(OC)c([C@H]2[C@H]3CCCC[C@@]3(O)CCN2C(=O)/C=C/c2ccc(OC)c(OC)c2)c1. The molecule has 3 atom stereocenters. The zero-order valence-electron chi connectivity index (χ0n) is 21.0. The molecule has 1 amide bonds. The van der Waals surface area contributed by atoms with Crippen LogP contribution in [0.4, 0.5) is 0 Å². The van der Waals surface area contributed by atoms with E-state index in [0.29, 0.717) is 36.0 Å². The van der Waals surface area contributed by atoms with Crippen LogP contribution in [0.3, 0.4) is 0 Å². The van der Waals surface area contributed by atoms with Gasteiger partial charge in [-0.05, 0) is 61.2 Å². The van der Waals surface area contributed by atoms with Gasteiger partial charge in [-0.1, -0.05) is 18.9 Å². The lowest BCUT2D eigenvalue weighted by Crippen LogP contribution is -2.56. The number of carbonyl (C=O) groups is 1. The van der Waals surface area contributed by atoms with Crippen molar-refractivity contribution < 1.29 is 28.8 Å². The maximum Gasteiger partial charge on any atom is 0.247 e. The lowest BCUT2D eigenvalue weighted by Gasteiger charge is -2.52. The lowest BCUT2D eigenvalue weighted by molar-refractivity contribution is -0.151. The molecule has 35 heavy (non-hydrogen) atoms. The van der Waals surface area contributed by atoms with Crippen molar-refractivity contribution in [2.45, 2.75) is 43.7 Å². The molecule has 1 aliphatic heterocycles. The molecule has 1 heterocycles. The first-order valence-electron chi connectivity index (χ1n) is 12.1. The van der Waals surface area contributed by atoms with Gasteiger partial charge in [-0.25, -0.2) is 0 Å². The van der Waals surface area contributed by atoms with E-state index in [1.165, 1.54) is 0 Å². The van der Waals surface area contributed by atoms with Crippen molar-refractivity contribution in [3.8, 4) is 23.0 Å². The zero-order chi connectivity index (χ0) is 25.0. The topological polar surface area (TPSA) is 77.5 Å². The van der Waals surface area contributed by atoms with Crippen molar-refractivity contribution in [1.29, 1.82) is 0 Å². The third-order valence-corrected chi connectivity index (χ3v) is 7.43. The summed E-state index contributed by atoms with van der Waals surface area (Å²) in [6, 6.07) is 10.9. The number of nitrogens with zero attached hydrogens (tertiary/aromatic N) is 1. The van der Waals surface area contributed by atoms with Crippen molar-refractivity contribution in [2.24, 2.45) is 5.92 Å². The summed E-state index contributed by atoms with van der Waals surface area (Å²) in [6.07, 6.45) is 7.58. The number of hydrogen-bond acceptors (Lipinski definition) is 6. The lowest BCUT2D eigenvalue weighted by atomic mass is 9.66. The van der Waals surface area contributed by atoms with E-state index in [2.05, 4.69) is 0 Å². The number of methoxy groups -OCH3 is 4. The minimum absolute atomic E-state index is 0.0792. The number of carbonyl (C=O) groups excluding carboxylic acids is 1. The van der Waals surface area contributed by atoms with Crippen LogP contribution in [0.15, 0.2) is 42.5 Å². The van der Waals surface area contributed by atoms with Crippen LogP contribution in [0.1, 0.15) is 49.3 Å². The number of hydrogen-bond donors (Lipinski definition) is 1. The average molecular weight is 482 g/mol. The van der Waals surface area contributed by atoms with Crippen molar-refractivity contribution in [1.82, 2.24) is 4.90 Å². The van der Waals surface area contributed by atoms with Crippen molar-refractivity contribution >= 4 is 12.0 Å². The van der Waals surface area contributed by atoms with E-state index in [4.69, 9.17) is 18.9 Å². The highest BCUT2D eigenvalue weighted by Gasteiger charge is 2.50. The average Bonchev–Trinajstić information content (AvgIpc) is 2.90. The van der Waals surface area contributed by atoms with Gasteiger partial charge in [-0.2, -0.15) is 0 Å². The standard InChI is InChI=1S/C28H35NO6/c1-32-20-10-12-23(33-2)21(18-20)27-22-7-5-6-14-28(22,31)15-16-29(27)26(30)13-9-19-8-11-24(34-3)25(17-19)35-4/h8-13,17-18,22,27,31H,5-7,14-16H2,1-4H3/b13-9+/t22-,27+,28-/m1/s1. The Kier molecular flexibility index (Phi) is 7.55. The van der Waals surface area contributed by atoms with E-state index in [1.807, 2.05) is 41.3 Å². The van der Waals surface area contributed by atoms with E-state index in [9.17, 15) is 9.90 Å². The quantitative estimate of drug-likeness (QED) is 0.581. The number of piperidine rings is 1. The molecule has 1 aliphatic carbocycles. The largest absolute Gasteiger partial charge is 0.497 e. The van der Waals surface area contributed by atoms with Crippen LogP contribution in [-0.4, -0.2) is 56.5 Å². The second kappa shape index (κ2) is 10.6. The Morgan fingerprint density at radius 3 is 2.40 bits per heavy atom. The number of fused-ring (bicyclic) bond motifs is 1. The van der Waals surface area contributed by atoms with E-state index in [1.54, 1.807) is 40.6 Å². The third kappa shape index (κ3) is 4.96. The van der Waals surface area contributed by atoms with Crippen molar-refractivity contribution in [2.75, 3.05) is 35.0 Å². The van der Waals surface area contributed by atoms with Crippen LogP contribution in [0.25, 0.3) is 6.08 Å². The Labute approximate surface area is 207 Å². The molecule has 0 spiro atoms. The summed E-state index contributed by atoms with van der Waals surface area (Å²) >= 11 is 0. The van der Waals surface area contributed by atoms with E-state index >= 15 is 0 Å². The highest BCUT2D eigenvalue weighted by atomic mass is 16.5. The molecule has 0 bridgehead atoms. The smallest absolute Gasteiger partial charge is 0.247 e. The van der Waals surface area contributed by atoms with Crippen molar-refractivity contribution in [3.05, 3.63) is 53.6 Å². The minimum Gasteiger partial charge on any atom is -0.497 e. The predicted molar refractivity (Wildman–Crippen MR) is 134 cm³/mol. The number of benzene rings is 2. The molecule has 1 saturated heterocycles. The Balaban J connectivity index is 1.70. The maximum atomic E-state index is 13.6. The van der Waals surface area contributed by atoms with Crippen LogP contribution in [0, 0.1) is 5.92 Å². The summed E-state index contributed by atoms with van der Waals surface area (Å²) in [4.78, 5) is 15.5. The van der Waals surface area contributed by atoms with Crippen molar-refractivity contribution in [3.63, 3.8) is 0 Å². The monoisotopic (exact) mass is 481 g/mol. The molecule has 1 N–H and O–H groups in total. The Hall–Kier alpha value is -3.19. The fourth-order valence-corrected chi connectivity index (χ4v) is 5.60. The first-order valence-corrected chi connectivity index (χ1v) is 12.1. The summed E-state index contributed by atoms with van der Waals surface area (Å²) in [5, 5.41) is 11.6. The summed E-state index contributed by atoms with van der Waals surface area (Å²) in [5.74, 6) is 2.43. The number of rotatable bonds is 7. The van der Waals surface area contributed by atoms with Gasteiger partial charge in [0.05, 0.1) is 40.1 Å². The van der Waals surface area contributed by atoms with E-state index in [-0.39, 0.29) is 17.9 Å². The fraction of sp³-hybridized carbons (Fsp3) is 0.464. The zero-order valence-corrected chi connectivity index (χ0v) is 21.0. The summed E-state index contributed by atoms with van der Waals surface area (Å²) in [5.41, 5.74) is 0.906. The molecule has 7 heteroatoms. The molecule has 7 nitrogen and oxygen atoms in total. The Morgan fingerprint density at radius 2 is 1.69 bits per heavy atom. The van der Waals surface area contributed by atoms with Crippen LogP contribution in [0.2, 0.25) is 0 Å². The minimum atomic E-state index is -0.791. The third-order valence-electron chi connectivity index (χ3n) is 7.43. The first-order chi connectivity index (χ1) is 16.9. The van der Waals surface area contributed by atoms with E-state index in [0.717, 1.165) is 36.8 Å². The van der Waals surface area contributed by atoms with Gasteiger partial charge in [0.2, 0.25) is 5.91 Å². The highest BCUT2D eigenvalue weighted by molar-refractivity contribution is 5.92. The van der Waals surface area contributed by atoms with Gasteiger partial charge in [-0.15, -0.1) is 0 Å². The highest BCUT2D eigenvalue weighted by Crippen LogP contribution is 2.51. The number of ether oxygens (including phenoxy) is 4. The van der Waals surface area contributed by atoms with Crippen LogP contribution in [0.5, 0.6) is 23.0 Å². The molecule has 2 aliphatic rings. The molecule has 188 valence electrons. The van der Waals surface area contributed by atoms with Crippen LogP contribution in [-0.2, 0) is 4.79 Å². The second-order valence-corrected chi connectivity index (χ2v) is 9.24. The summed E-state index contributed by atoms with van der Waals surface area (Å²) in [6.45, 7) is 0.465. The molecular formula is C28H35NO6. The van der Waals surface area contributed by atoms with E-state index < -0.39 is 5.60 Å².